The molecule has 0 fully saturated rings. The molecule has 4 heteroatoms. The highest BCUT2D eigenvalue weighted by Crippen LogP contribution is 2.21. The number of nitrogen functional groups attached to an aromatic ring is 1. The molecule has 0 spiro atoms. The van der Waals surface area contributed by atoms with Crippen LogP contribution >= 0.6 is 0 Å². The summed E-state index contributed by atoms with van der Waals surface area (Å²) in [6.07, 6.45) is 0.482. The van der Waals surface area contributed by atoms with Crippen LogP contribution in [-0.2, 0) is 6.42 Å². The number of rotatable bonds is 3. The van der Waals surface area contributed by atoms with Gasteiger partial charge in [-0.2, -0.15) is 0 Å². The second-order valence-electron chi connectivity index (χ2n) is 3.94. The van der Waals surface area contributed by atoms with Crippen LogP contribution in [0.15, 0.2) is 48.5 Å². The number of benzene rings is 2. The van der Waals surface area contributed by atoms with Gasteiger partial charge in [0.25, 0.3) is 5.91 Å². The first-order valence-electron chi connectivity index (χ1n) is 5.58. The number of aromatic hydroxyl groups is 1. The molecule has 4 N–H and O–H groups in total. The van der Waals surface area contributed by atoms with Crippen molar-refractivity contribution in [1.82, 2.24) is 5.43 Å². The predicted octanol–water partition coefficient (Wildman–Crippen LogP) is 1.59. The lowest BCUT2D eigenvalue weighted by Crippen LogP contribution is -2.30. The normalized spacial score (nSPS) is 10.1. The summed E-state index contributed by atoms with van der Waals surface area (Å²) in [6.45, 7) is 0. The fourth-order valence-electron chi connectivity index (χ4n) is 1.84. The first-order chi connectivity index (χ1) is 8.72. The van der Waals surface area contributed by atoms with Crippen LogP contribution in [0.3, 0.4) is 0 Å². The van der Waals surface area contributed by atoms with Gasteiger partial charge in [0.2, 0.25) is 0 Å². The van der Waals surface area contributed by atoms with E-state index in [1.807, 2.05) is 24.3 Å². The van der Waals surface area contributed by atoms with Gasteiger partial charge in [0, 0.05) is 12.0 Å². The lowest BCUT2D eigenvalue weighted by Gasteiger charge is -2.09. The molecule has 2 rings (SSSR count). The molecule has 0 aliphatic carbocycles. The fourth-order valence-corrected chi connectivity index (χ4v) is 1.84. The molecule has 0 radical (unpaired) electrons. The van der Waals surface area contributed by atoms with E-state index >= 15 is 0 Å². The third kappa shape index (κ3) is 2.49. The maximum atomic E-state index is 11.6. The van der Waals surface area contributed by atoms with Gasteiger partial charge in [-0.05, 0) is 23.3 Å². The summed E-state index contributed by atoms with van der Waals surface area (Å²) >= 11 is 0. The highest BCUT2D eigenvalue weighted by atomic mass is 16.3. The number of carbonyl (C=O) groups excluding carboxylic acids is 1. The fraction of sp³-hybridized carbons (Fsp3) is 0.0714. The largest absolute Gasteiger partial charge is 0.508 e. The van der Waals surface area contributed by atoms with E-state index in [9.17, 15) is 9.90 Å². The van der Waals surface area contributed by atoms with Crippen LogP contribution in [0.2, 0.25) is 0 Å². The van der Waals surface area contributed by atoms with Crippen LogP contribution in [0, 0.1) is 0 Å². The summed E-state index contributed by atoms with van der Waals surface area (Å²) in [5.41, 5.74) is 4.23. The average molecular weight is 242 g/mol. The molecule has 0 saturated heterocycles. The van der Waals surface area contributed by atoms with E-state index in [-0.39, 0.29) is 11.7 Å². The van der Waals surface area contributed by atoms with E-state index in [1.54, 1.807) is 24.3 Å². The zero-order chi connectivity index (χ0) is 13.0. The zero-order valence-electron chi connectivity index (χ0n) is 9.76. The molecule has 0 aromatic heterocycles. The maximum Gasteiger partial charge on any atom is 0.265 e. The molecule has 0 aliphatic rings. The number of hydrazine groups is 1. The van der Waals surface area contributed by atoms with Gasteiger partial charge in [0.1, 0.15) is 5.75 Å². The quantitative estimate of drug-likeness (QED) is 0.434. The Labute approximate surface area is 105 Å². The number of phenolic OH excluding ortho intramolecular Hbond substituents is 1. The molecule has 0 heterocycles. The molecule has 0 aliphatic heterocycles. The molecular weight excluding hydrogens is 228 g/mol. The van der Waals surface area contributed by atoms with Crippen LogP contribution in [0.4, 0.5) is 0 Å². The van der Waals surface area contributed by atoms with Crippen molar-refractivity contribution in [2.24, 2.45) is 5.84 Å². The Morgan fingerprint density at radius 3 is 2.33 bits per heavy atom. The molecule has 92 valence electrons. The third-order valence-corrected chi connectivity index (χ3v) is 2.77. The van der Waals surface area contributed by atoms with Crippen molar-refractivity contribution in [2.45, 2.75) is 6.42 Å². The van der Waals surface area contributed by atoms with Crippen molar-refractivity contribution in [3.8, 4) is 5.75 Å². The summed E-state index contributed by atoms with van der Waals surface area (Å²) in [6, 6.07) is 14.2. The van der Waals surface area contributed by atoms with Crippen molar-refractivity contribution >= 4 is 5.91 Å². The number of amides is 1. The second-order valence-corrected chi connectivity index (χ2v) is 3.94. The molecule has 0 unspecified atom stereocenters. The Kier molecular flexibility index (Phi) is 3.60. The summed E-state index contributed by atoms with van der Waals surface area (Å²) in [5.74, 6) is 5.04. The molecule has 1 amide bonds. The van der Waals surface area contributed by atoms with E-state index in [2.05, 4.69) is 5.43 Å². The molecule has 2 aromatic rings. The summed E-state index contributed by atoms with van der Waals surface area (Å²) in [7, 11) is 0. The number of nitrogens with one attached hydrogen (secondary N) is 1. The van der Waals surface area contributed by atoms with Crippen molar-refractivity contribution in [2.75, 3.05) is 0 Å². The van der Waals surface area contributed by atoms with E-state index in [4.69, 9.17) is 5.84 Å². The predicted molar refractivity (Wildman–Crippen MR) is 69.0 cm³/mol. The van der Waals surface area contributed by atoms with E-state index in [0.717, 1.165) is 11.1 Å². The highest BCUT2D eigenvalue weighted by Gasteiger charge is 2.11. The van der Waals surface area contributed by atoms with E-state index < -0.39 is 0 Å². The first kappa shape index (κ1) is 12.1. The van der Waals surface area contributed by atoms with Gasteiger partial charge in [-0.3, -0.25) is 10.2 Å². The lowest BCUT2D eigenvalue weighted by atomic mass is 9.99. The van der Waals surface area contributed by atoms with Crippen LogP contribution in [0.1, 0.15) is 21.5 Å². The molecule has 18 heavy (non-hydrogen) atoms. The number of phenols is 1. The van der Waals surface area contributed by atoms with Crippen molar-refractivity contribution in [3.63, 3.8) is 0 Å². The van der Waals surface area contributed by atoms with Crippen LogP contribution in [0.25, 0.3) is 0 Å². The van der Waals surface area contributed by atoms with Gasteiger partial charge in [0.15, 0.2) is 0 Å². The number of hydrogen-bond acceptors (Lipinski definition) is 3. The Hall–Kier alpha value is -2.33. The summed E-state index contributed by atoms with van der Waals surface area (Å²) in [4.78, 5) is 11.6. The van der Waals surface area contributed by atoms with Gasteiger partial charge in [-0.1, -0.05) is 36.4 Å². The van der Waals surface area contributed by atoms with Crippen molar-refractivity contribution in [3.05, 3.63) is 65.2 Å². The van der Waals surface area contributed by atoms with E-state index in [1.165, 1.54) is 0 Å². The Morgan fingerprint density at radius 2 is 1.67 bits per heavy atom. The minimum atomic E-state index is -0.332. The number of para-hydroxylation sites is 1. The minimum Gasteiger partial charge on any atom is -0.508 e. The Balaban J connectivity index is 2.35. The molecule has 4 nitrogen and oxygen atoms in total. The van der Waals surface area contributed by atoms with E-state index in [0.29, 0.717) is 12.0 Å². The Bertz CT molecular complexity index is 567. The van der Waals surface area contributed by atoms with Crippen molar-refractivity contribution in [1.29, 1.82) is 0 Å². The number of hydrogen-bond donors (Lipinski definition) is 3. The van der Waals surface area contributed by atoms with Gasteiger partial charge in [-0.15, -0.1) is 0 Å². The molecule has 0 bridgehead atoms. The summed E-state index contributed by atoms with van der Waals surface area (Å²) < 4.78 is 0. The highest BCUT2D eigenvalue weighted by molar-refractivity contribution is 5.95. The smallest absolute Gasteiger partial charge is 0.265 e. The molecule has 0 saturated carbocycles. The monoisotopic (exact) mass is 242 g/mol. The van der Waals surface area contributed by atoms with Crippen molar-refractivity contribution < 1.29 is 9.90 Å². The minimum absolute atomic E-state index is 0.223. The summed E-state index contributed by atoms with van der Waals surface area (Å²) in [5, 5.41) is 9.73. The molecule has 2 aromatic carbocycles. The SMILES string of the molecule is NNC(=O)c1ccccc1Cc1ccccc1O. The zero-order valence-corrected chi connectivity index (χ0v) is 9.76. The lowest BCUT2D eigenvalue weighted by molar-refractivity contribution is 0.0953. The van der Waals surface area contributed by atoms with Gasteiger partial charge in [0.05, 0.1) is 0 Å². The topological polar surface area (TPSA) is 75.3 Å². The maximum absolute atomic E-state index is 11.6. The number of nitrogens with two attached hydrogens (primary N) is 1. The molecular formula is C14H14N2O2. The van der Waals surface area contributed by atoms with Crippen LogP contribution in [0.5, 0.6) is 5.75 Å². The molecule has 0 atom stereocenters. The van der Waals surface area contributed by atoms with Crippen LogP contribution < -0.4 is 11.3 Å². The number of carbonyl (C=O) groups is 1. The van der Waals surface area contributed by atoms with Gasteiger partial charge >= 0.3 is 0 Å². The second kappa shape index (κ2) is 5.33. The first-order valence-corrected chi connectivity index (χ1v) is 5.58. The van der Waals surface area contributed by atoms with Gasteiger partial charge in [-0.25, -0.2) is 5.84 Å². The Morgan fingerprint density at radius 1 is 1.06 bits per heavy atom. The third-order valence-electron chi connectivity index (χ3n) is 2.77. The van der Waals surface area contributed by atoms with Crippen LogP contribution in [-0.4, -0.2) is 11.0 Å². The average Bonchev–Trinajstić information content (AvgIpc) is 2.41. The standard InChI is InChI=1S/C14H14N2O2/c15-16-14(18)12-7-3-1-5-10(12)9-11-6-2-4-8-13(11)17/h1-8,17H,9,15H2,(H,16,18). The van der Waals surface area contributed by atoms with Gasteiger partial charge < -0.3 is 5.11 Å².